The Kier molecular flexibility index (Phi) is 7.67. The van der Waals surface area contributed by atoms with Gasteiger partial charge in [-0.3, -0.25) is 0 Å². The van der Waals surface area contributed by atoms with Gasteiger partial charge in [0, 0.05) is 45.6 Å². The van der Waals surface area contributed by atoms with Crippen molar-refractivity contribution in [2.24, 2.45) is 7.05 Å². The molecular weight excluding hydrogens is 214 g/mol. The first kappa shape index (κ1) is 14.2. The first-order valence-electron chi connectivity index (χ1n) is 6.59. The molecule has 0 atom stereocenters. The highest BCUT2D eigenvalue weighted by Gasteiger charge is 1.97. The van der Waals surface area contributed by atoms with Crippen molar-refractivity contribution in [3.8, 4) is 0 Å². The predicted octanol–water partition coefficient (Wildman–Crippen LogP) is 1.76. The lowest BCUT2D eigenvalue weighted by atomic mass is 10.3. The van der Waals surface area contributed by atoms with Crippen LogP contribution < -0.4 is 5.32 Å². The lowest BCUT2D eigenvalue weighted by molar-refractivity contribution is 0.129. The average molecular weight is 239 g/mol. The molecule has 0 unspecified atom stereocenters. The Balaban J connectivity index is 1.86. The van der Waals surface area contributed by atoms with Crippen LogP contribution in [0, 0.1) is 0 Å². The van der Waals surface area contributed by atoms with E-state index in [1.165, 1.54) is 12.8 Å². The summed E-state index contributed by atoms with van der Waals surface area (Å²) in [5.41, 5.74) is 0. The molecule has 1 heterocycles. The van der Waals surface area contributed by atoms with Crippen molar-refractivity contribution >= 4 is 0 Å². The third-order valence-corrected chi connectivity index (χ3v) is 2.73. The maximum Gasteiger partial charge on any atom is 0.109 e. The van der Waals surface area contributed by atoms with Crippen LogP contribution in [0.5, 0.6) is 0 Å². The molecule has 0 aliphatic carbocycles. The van der Waals surface area contributed by atoms with Crippen molar-refractivity contribution in [3.63, 3.8) is 0 Å². The Morgan fingerprint density at radius 2 is 2.12 bits per heavy atom. The summed E-state index contributed by atoms with van der Waals surface area (Å²) >= 11 is 0. The van der Waals surface area contributed by atoms with Crippen LogP contribution >= 0.6 is 0 Å². The molecule has 0 spiro atoms. The molecule has 0 aliphatic heterocycles. The lowest BCUT2D eigenvalue weighted by Gasteiger charge is -2.05. The number of ether oxygens (including phenoxy) is 1. The van der Waals surface area contributed by atoms with Gasteiger partial charge in [0.2, 0.25) is 0 Å². The minimum absolute atomic E-state index is 0.870. The van der Waals surface area contributed by atoms with Crippen LogP contribution in [0.1, 0.15) is 32.0 Å². The highest BCUT2D eigenvalue weighted by atomic mass is 16.5. The highest BCUT2D eigenvalue weighted by Crippen LogP contribution is 1.94. The fraction of sp³-hybridized carbons (Fsp3) is 0.769. The van der Waals surface area contributed by atoms with Gasteiger partial charge in [0.15, 0.2) is 0 Å². The van der Waals surface area contributed by atoms with E-state index >= 15 is 0 Å². The van der Waals surface area contributed by atoms with E-state index in [1.54, 1.807) is 0 Å². The first-order chi connectivity index (χ1) is 8.34. The number of rotatable bonds is 10. The molecule has 4 heteroatoms. The quantitative estimate of drug-likeness (QED) is 0.632. The predicted molar refractivity (Wildman–Crippen MR) is 70.1 cm³/mol. The second-order valence-corrected chi connectivity index (χ2v) is 4.27. The molecule has 4 nitrogen and oxygen atoms in total. The molecule has 0 bridgehead atoms. The normalized spacial score (nSPS) is 10.9. The average Bonchev–Trinajstić information content (AvgIpc) is 2.73. The van der Waals surface area contributed by atoms with Crippen LogP contribution in [0.25, 0.3) is 0 Å². The summed E-state index contributed by atoms with van der Waals surface area (Å²) in [6.45, 7) is 5.97. The SMILES string of the molecule is CCCCOCCCNCCc1nccn1C. The van der Waals surface area contributed by atoms with Gasteiger partial charge in [0.1, 0.15) is 5.82 Å². The largest absolute Gasteiger partial charge is 0.381 e. The van der Waals surface area contributed by atoms with Gasteiger partial charge in [-0.2, -0.15) is 0 Å². The molecule has 0 amide bonds. The van der Waals surface area contributed by atoms with Crippen molar-refractivity contribution in [3.05, 3.63) is 18.2 Å². The number of hydrogen-bond donors (Lipinski definition) is 1. The van der Waals surface area contributed by atoms with Crippen molar-refractivity contribution in [1.29, 1.82) is 0 Å². The molecule has 0 radical (unpaired) electrons. The van der Waals surface area contributed by atoms with Gasteiger partial charge in [0.05, 0.1) is 0 Å². The van der Waals surface area contributed by atoms with Gasteiger partial charge in [-0.25, -0.2) is 4.98 Å². The van der Waals surface area contributed by atoms with E-state index in [0.717, 1.165) is 45.0 Å². The second-order valence-electron chi connectivity index (χ2n) is 4.27. The molecule has 1 aromatic heterocycles. The Morgan fingerprint density at radius 3 is 2.82 bits per heavy atom. The Morgan fingerprint density at radius 1 is 1.29 bits per heavy atom. The summed E-state index contributed by atoms with van der Waals surface area (Å²) in [5.74, 6) is 1.14. The smallest absolute Gasteiger partial charge is 0.109 e. The fourth-order valence-electron chi connectivity index (χ4n) is 1.61. The van der Waals surface area contributed by atoms with E-state index in [-0.39, 0.29) is 0 Å². The summed E-state index contributed by atoms with van der Waals surface area (Å²) in [5, 5.41) is 3.41. The van der Waals surface area contributed by atoms with Gasteiger partial charge in [-0.1, -0.05) is 13.3 Å². The van der Waals surface area contributed by atoms with Crippen molar-refractivity contribution < 1.29 is 4.74 Å². The minimum atomic E-state index is 0.870. The fourth-order valence-corrected chi connectivity index (χ4v) is 1.61. The van der Waals surface area contributed by atoms with Crippen molar-refractivity contribution in [2.75, 3.05) is 26.3 Å². The second kappa shape index (κ2) is 9.19. The Labute approximate surface area is 104 Å². The number of nitrogens with one attached hydrogen (secondary N) is 1. The Bertz CT molecular complexity index is 286. The summed E-state index contributed by atoms with van der Waals surface area (Å²) in [7, 11) is 2.03. The van der Waals surface area contributed by atoms with Gasteiger partial charge < -0.3 is 14.6 Å². The van der Waals surface area contributed by atoms with E-state index in [1.807, 2.05) is 19.4 Å². The molecule has 1 N–H and O–H groups in total. The summed E-state index contributed by atoms with van der Waals surface area (Å²) in [6.07, 6.45) is 8.28. The van der Waals surface area contributed by atoms with E-state index in [9.17, 15) is 0 Å². The molecule has 17 heavy (non-hydrogen) atoms. The number of unbranched alkanes of at least 4 members (excludes halogenated alkanes) is 1. The maximum atomic E-state index is 5.49. The molecule has 0 saturated carbocycles. The van der Waals surface area contributed by atoms with Crippen LogP contribution in [-0.2, 0) is 18.2 Å². The van der Waals surface area contributed by atoms with Crippen LogP contribution in [-0.4, -0.2) is 35.9 Å². The third kappa shape index (κ3) is 6.44. The molecule has 0 fully saturated rings. The number of nitrogens with zero attached hydrogens (tertiary/aromatic N) is 2. The van der Waals surface area contributed by atoms with Crippen LogP contribution in [0.4, 0.5) is 0 Å². The summed E-state index contributed by atoms with van der Waals surface area (Å²) in [4.78, 5) is 4.28. The number of imidazole rings is 1. The summed E-state index contributed by atoms with van der Waals surface area (Å²) < 4.78 is 7.55. The molecule has 1 aromatic rings. The van der Waals surface area contributed by atoms with E-state index < -0.39 is 0 Å². The van der Waals surface area contributed by atoms with Gasteiger partial charge >= 0.3 is 0 Å². The molecular formula is C13H25N3O. The molecule has 0 aliphatic rings. The standard InChI is InChI=1S/C13H25N3O/c1-3-4-11-17-12-5-7-14-8-6-13-15-9-10-16(13)2/h9-10,14H,3-8,11-12H2,1-2H3. The van der Waals surface area contributed by atoms with Gasteiger partial charge in [0.25, 0.3) is 0 Å². The van der Waals surface area contributed by atoms with Crippen molar-refractivity contribution in [2.45, 2.75) is 32.6 Å². The summed E-state index contributed by atoms with van der Waals surface area (Å²) in [6, 6.07) is 0. The zero-order valence-electron chi connectivity index (χ0n) is 11.1. The van der Waals surface area contributed by atoms with Crippen LogP contribution in [0.2, 0.25) is 0 Å². The lowest BCUT2D eigenvalue weighted by Crippen LogP contribution is -2.21. The van der Waals surface area contributed by atoms with Crippen LogP contribution in [0.3, 0.4) is 0 Å². The Hall–Kier alpha value is -0.870. The molecule has 0 aromatic carbocycles. The first-order valence-corrected chi connectivity index (χ1v) is 6.59. The monoisotopic (exact) mass is 239 g/mol. The molecule has 1 rings (SSSR count). The highest BCUT2D eigenvalue weighted by molar-refractivity contribution is 4.91. The van der Waals surface area contributed by atoms with E-state index in [4.69, 9.17) is 4.74 Å². The van der Waals surface area contributed by atoms with E-state index in [0.29, 0.717) is 0 Å². The maximum absolute atomic E-state index is 5.49. The number of aromatic nitrogens is 2. The number of hydrogen-bond acceptors (Lipinski definition) is 3. The van der Waals surface area contributed by atoms with Gasteiger partial charge in [-0.15, -0.1) is 0 Å². The molecule has 0 saturated heterocycles. The van der Waals surface area contributed by atoms with E-state index in [2.05, 4.69) is 21.8 Å². The zero-order chi connectivity index (χ0) is 12.3. The zero-order valence-corrected chi connectivity index (χ0v) is 11.1. The van der Waals surface area contributed by atoms with Gasteiger partial charge in [-0.05, 0) is 19.4 Å². The number of aryl methyl sites for hydroxylation is 1. The molecule has 98 valence electrons. The topological polar surface area (TPSA) is 39.1 Å². The van der Waals surface area contributed by atoms with Crippen molar-refractivity contribution in [1.82, 2.24) is 14.9 Å². The third-order valence-electron chi connectivity index (χ3n) is 2.73. The van der Waals surface area contributed by atoms with Crippen LogP contribution in [0.15, 0.2) is 12.4 Å². The minimum Gasteiger partial charge on any atom is -0.381 e.